The molecule has 1 aliphatic rings. The molecule has 0 amide bonds. The second kappa shape index (κ2) is 7.67. The van der Waals surface area contributed by atoms with E-state index in [4.69, 9.17) is 11.6 Å². The molecule has 0 unspecified atom stereocenters. The van der Waals surface area contributed by atoms with Crippen LogP contribution in [0.25, 0.3) is 0 Å². The van der Waals surface area contributed by atoms with Crippen LogP contribution in [0.1, 0.15) is 58.3 Å². The third kappa shape index (κ3) is 3.98. The average Bonchev–Trinajstić information content (AvgIpc) is 2.41. The fourth-order valence-electron chi connectivity index (χ4n) is 2.76. The highest BCUT2D eigenvalue weighted by Gasteiger charge is 2.15. The van der Waals surface area contributed by atoms with E-state index in [1.807, 2.05) is 6.92 Å². The molecule has 0 bridgehead atoms. The summed E-state index contributed by atoms with van der Waals surface area (Å²) in [7, 11) is 0. The van der Waals surface area contributed by atoms with Crippen molar-refractivity contribution >= 4 is 17.3 Å². The molecule has 1 aromatic heterocycles. The van der Waals surface area contributed by atoms with Gasteiger partial charge in [-0.2, -0.15) is 5.10 Å². The first kappa shape index (κ1) is 15.4. The Kier molecular flexibility index (Phi) is 5.89. The minimum atomic E-state index is -0.190. The summed E-state index contributed by atoms with van der Waals surface area (Å²) in [5.41, 5.74) is 0.499. The van der Waals surface area contributed by atoms with E-state index in [1.54, 1.807) is 6.20 Å². The van der Waals surface area contributed by atoms with Gasteiger partial charge in [0.05, 0.1) is 11.9 Å². The molecule has 0 saturated heterocycles. The number of nitrogens with one attached hydrogen (secondary N) is 1. The van der Waals surface area contributed by atoms with Crippen molar-refractivity contribution in [2.45, 2.75) is 70.9 Å². The molecule has 0 spiro atoms. The lowest BCUT2D eigenvalue weighted by molar-refractivity contribution is 0.471. The Bertz CT molecular complexity index is 478. The minimum absolute atomic E-state index is 0.190. The fourth-order valence-corrected chi connectivity index (χ4v) is 2.96. The molecular formula is C15H24ClN3O. The zero-order valence-electron chi connectivity index (χ0n) is 12.2. The van der Waals surface area contributed by atoms with E-state index in [9.17, 15) is 4.79 Å². The van der Waals surface area contributed by atoms with Crippen LogP contribution >= 0.6 is 11.6 Å². The maximum Gasteiger partial charge on any atom is 0.287 e. The predicted molar refractivity (Wildman–Crippen MR) is 83.5 cm³/mol. The van der Waals surface area contributed by atoms with Crippen molar-refractivity contribution in [2.24, 2.45) is 0 Å². The highest BCUT2D eigenvalue weighted by Crippen LogP contribution is 2.23. The van der Waals surface area contributed by atoms with Gasteiger partial charge >= 0.3 is 0 Å². The summed E-state index contributed by atoms with van der Waals surface area (Å²) >= 11 is 6.19. The highest BCUT2D eigenvalue weighted by molar-refractivity contribution is 6.32. The molecule has 1 aromatic rings. The van der Waals surface area contributed by atoms with Crippen molar-refractivity contribution in [2.75, 3.05) is 5.32 Å². The van der Waals surface area contributed by atoms with Crippen molar-refractivity contribution in [1.29, 1.82) is 0 Å². The Morgan fingerprint density at radius 2 is 1.95 bits per heavy atom. The fraction of sp³-hybridized carbons (Fsp3) is 0.733. The van der Waals surface area contributed by atoms with E-state index in [2.05, 4.69) is 10.4 Å². The monoisotopic (exact) mass is 297 g/mol. The third-order valence-corrected chi connectivity index (χ3v) is 4.25. The lowest BCUT2D eigenvalue weighted by Crippen LogP contribution is -2.27. The van der Waals surface area contributed by atoms with Crippen molar-refractivity contribution < 1.29 is 0 Å². The Morgan fingerprint density at radius 1 is 1.30 bits per heavy atom. The van der Waals surface area contributed by atoms with Gasteiger partial charge in [-0.3, -0.25) is 4.79 Å². The summed E-state index contributed by atoms with van der Waals surface area (Å²) < 4.78 is 1.44. The first-order chi connectivity index (χ1) is 9.72. The molecule has 0 radical (unpaired) electrons. The van der Waals surface area contributed by atoms with Gasteiger partial charge in [0.25, 0.3) is 5.56 Å². The molecule has 1 N–H and O–H groups in total. The zero-order valence-corrected chi connectivity index (χ0v) is 13.0. The van der Waals surface area contributed by atoms with Crippen LogP contribution in [0.4, 0.5) is 5.69 Å². The molecule has 1 fully saturated rings. The summed E-state index contributed by atoms with van der Waals surface area (Å²) in [6.45, 7) is 2.63. The molecule has 5 heteroatoms. The van der Waals surface area contributed by atoms with Crippen LogP contribution in [-0.2, 0) is 6.54 Å². The van der Waals surface area contributed by atoms with E-state index < -0.39 is 0 Å². The number of hydrogen-bond donors (Lipinski definition) is 1. The van der Waals surface area contributed by atoms with Crippen LogP contribution in [0, 0.1) is 0 Å². The van der Waals surface area contributed by atoms with Gasteiger partial charge in [-0.25, -0.2) is 4.68 Å². The Balaban J connectivity index is 2.08. The van der Waals surface area contributed by atoms with Gasteiger partial charge in [0.1, 0.15) is 5.02 Å². The quantitative estimate of drug-likeness (QED) is 0.918. The summed E-state index contributed by atoms with van der Waals surface area (Å²) in [6, 6.07) is 0.413. The van der Waals surface area contributed by atoms with Crippen molar-refractivity contribution in [3.63, 3.8) is 0 Å². The van der Waals surface area contributed by atoms with E-state index >= 15 is 0 Å². The van der Waals surface area contributed by atoms with Gasteiger partial charge in [0.2, 0.25) is 0 Å². The zero-order chi connectivity index (χ0) is 14.4. The minimum Gasteiger partial charge on any atom is -0.380 e. The number of halogens is 1. The molecule has 2 rings (SSSR count). The Morgan fingerprint density at radius 3 is 2.60 bits per heavy atom. The van der Waals surface area contributed by atoms with Crippen LogP contribution in [-0.4, -0.2) is 15.8 Å². The van der Waals surface area contributed by atoms with E-state index in [0.717, 1.165) is 19.3 Å². The average molecular weight is 298 g/mol. The highest BCUT2D eigenvalue weighted by atomic mass is 35.5. The first-order valence-corrected chi connectivity index (χ1v) is 8.12. The summed E-state index contributed by atoms with van der Waals surface area (Å²) in [5, 5.41) is 7.89. The summed E-state index contributed by atoms with van der Waals surface area (Å²) in [5.74, 6) is 0. The number of hydrogen-bond acceptors (Lipinski definition) is 3. The van der Waals surface area contributed by atoms with E-state index in [-0.39, 0.29) is 10.6 Å². The SMILES string of the molecule is CCCn1ncc(NC2CCCCCCC2)c(Cl)c1=O. The number of anilines is 1. The number of aryl methyl sites for hydroxylation is 1. The smallest absolute Gasteiger partial charge is 0.287 e. The second-order valence-corrected chi connectivity index (χ2v) is 5.96. The van der Waals surface area contributed by atoms with Crippen LogP contribution < -0.4 is 10.9 Å². The third-order valence-electron chi connectivity index (χ3n) is 3.89. The van der Waals surface area contributed by atoms with Gasteiger partial charge in [-0.05, 0) is 19.3 Å². The van der Waals surface area contributed by atoms with Crippen molar-refractivity contribution in [3.8, 4) is 0 Å². The van der Waals surface area contributed by atoms with Gasteiger partial charge in [-0.1, -0.05) is 50.6 Å². The normalized spacial score (nSPS) is 17.5. The molecule has 0 atom stereocenters. The van der Waals surface area contributed by atoms with Gasteiger partial charge < -0.3 is 5.32 Å². The van der Waals surface area contributed by atoms with Gasteiger partial charge in [0.15, 0.2) is 0 Å². The molecule has 1 aliphatic carbocycles. The van der Waals surface area contributed by atoms with Crippen LogP contribution in [0.15, 0.2) is 11.0 Å². The molecule has 20 heavy (non-hydrogen) atoms. The van der Waals surface area contributed by atoms with Gasteiger partial charge in [0, 0.05) is 12.6 Å². The molecule has 1 saturated carbocycles. The summed E-state index contributed by atoms with van der Waals surface area (Å²) in [4.78, 5) is 12.1. The molecule has 0 aromatic carbocycles. The lowest BCUT2D eigenvalue weighted by atomic mass is 9.96. The van der Waals surface area contributed by atoms with Crippen LogP contribution in [0.3, 0.4) is 0 Å². The number of aromatic nitrogens is 2. The van der Waals surface area contributed by atoms with E-state index in [1.165, 1.54) is 36.8 Å². The molecule has 112 valence electrons. The maximum absolute atomic E-state index is 12.1. The molecular weight excluding hydrogens is 274 g/mol. The largest absolute Gasteiger partial charge is 0.380 e. The maximum atomic E-state index is 12.1. The van der Waals surface area contributed by atoms with Crippen LogP contribution in [0.5, 0.6) is 0 Å². The lowest BCUT2D eigenvalue weighted by Gasteiger charge is -2.22. The molecule has 1 heterocycles. The van der Waals surface area contributed by atoms with Crippen molar-refractivity contribution in [3.05, 3.63) is 21.6 Å². The molecule has 0 aliphatic heterocycles. The molecule has 4 nitrogen and oxygen atoms in total. The number of nitrogens with zero attached hydrogens (tertiary/aromatic N) is 2. The topological polar surface area (TPSA) is 46.9 Å². The predicted octanol–water partition coefficient (Wildman–Crippen LogP) is 3.83. The van der Waals surface area contributed by atoms with Gasteiger partial charge in [-0.15, -0.1) is 0 Å². The Labute approximate surface area is 125 Å². The first-order valence-electron chi connectivity index (χ1n) is 7.74. The van der Waals surface area contributed by atoms with Crippen molar-refractivity contribution in [1.82, 2.24) is 9.78 Å². The Hall–Kier alpha value is -1.03. The second-order valence-electron chi connectivity index (χ2n) is 5.59. The van der Waals surface area contributed by atoms with Crippen LogP contribution in [0.2, 0.25) is 5.02 Å². The standard InChI is InChI=1S/C15H24ClN3O/c1-2-10-19-15(20)14(16)13(11-17-19)18-12-8-6-4-3-5-7-9-12/h11-12,18H,2-10H2,1H3. The van der Waals surface area contributed by atoms with E-state index in [0.29, 0.717) is 18.3 Å². The number of rotatable bonds is 4. The summed E-state index contributed by atoms with van der Waals surface area (Å²) in [6.07, 6.45) is 11.3.